The molecule has 1 N–H and O–H groups in total. The van der Waals surface area contributed by atoms with Crippen molar-refractivity contribution in [2.24, 2.45) is 0 Å². The zero-order valence-electron chi connectivity index (χ0n) is 17.5. The third kappa shape index (κ3) is 6.26. The molecule has 0 spiro atoms. The zero-order valence-corrected chi connectivity index (χ0v) is 18.3. The topological polar surface area (TPSA) is 73.9 Å². The van der Waals surface area contributed by atoms with E-state index >= 15 is 0 Å². The second kappa shape index (κ2) is 9.72. The van der Waals surface area contributed by atoms with Gasteiger partial charge in [-0.2, -0.15) is 8.78 Å². The van der Waals surface area contributed by atoms with E-state index < -0.39 is 34.2 Å². The summed E-state index contributed by atoms with van der Waals surface area (Å²) in [4.78, 5) is -0.219. The van der Waals surface area contributed by atoms with Gasteiger partial charge in [-0.15, -0.1) is 13.2 Å². The van der Waals surface area contributed by atoms with E-state index in [-0.39, 0.29) is 22.9 Å². The summed E-state index contributed by atoms with van der Waals surface area (Å²) in [6, 6.07) is 8.38. The molecule has 3 rings (SSSR count). The van der Waals surface area contributed by atoms with Crippen molar-refractivity contribution in [3.8, 4) is 17.2 Å². The molecule has 1 fully saturated rings. The number of halogens is 5. The molecule has 2 aromatic carbocycles. The molecule has 0 saturated heterocycles. The summed E-state index contributed by atoms with van der Waals surface area (Å²) in [7, 11) is -2.72. The number of hydrogen-bond acceptors (Lipinski definition) is 5. The van der Waals surface area contributed by atoms with E-state index in [9.17, 15) is 30.4 Å². The molecule has 33 heavy (non-hydrogen) atoms. The third-order valence-electron chi connectivity index (χ3n) is 5.52. The Labute approximate surface area is 187 Å². The van der Waals surface area contributed by atoms with Gasteiger partial charge in [-0.25, -0.2) is 13.1 Å². The van der Waals surface area contributed by atoms with Crippen LogP contribution in [-0.4, -0.2) is 35.0 Å². The van der Waals surface area contributed by atoms with Crippen LogP contribution in [0.4, 0.5) is 22.0 Å². The van der Waals surface area contributed by atoms with Crippen LogP contribution in [0.25, 0.3) is 0 Å². The number of sulfonamides is 1. The highest BCUT2D eigenvalue weighted by molar-refractivity contribution is 7.89. The lowest BCUT2D eigenvalue weighted by Gasteiger charge is -2.30. The Hall–Kier alpha value is -2.60. The predicted octanol–water partition coefficient (Wildman–Crippen LogP) is 4.99. The van der Waals surface area contributed by atoms with E-state index in [1.165, 1.54) is 13.2 Å². The Kier molecular flexibility index (Phi) is 7.37. The van der Waals surface area contributed by atoms with Crippen LogP contribution in [0.1, 0.15) is 31.2 Å². The first-order valence-corrected chi connectivity index (χ1v) is 11.4. The molecule has 0 atom stereocenters. The van der Waals surface area contributed by atoms with E-state index in [1.807, 2.05) is 0 Å². The first-order valence-electron chi connectivity index (χ1n) is 9.93. The molecule has 12 heteroatoms. The summed E-state index contributed by atoms with van der Waals surface area (Å²) in [5.41, 5.74) is 0.0957. The number of rotatable bonds is 9. The van der Waals surface area contributed by atoms with Crippen LogP contribution in [0.2, 0.25) is 0 Å². The molecule has 2 aromatic rings. The summed E-state index contributed by atoms with van der Waals surface area (Å²) < 4.78 is 104. The Morgan fingerprint density at radius 3 is 2.21 bits per heavy atom. The summed E-state index contributed by atoms with van der Waals surface area (Å²) in [6.45, 7) is -3.01. The number of alkyl halides is 5. The van der Waals surface area contributed by atoms with Crippen molar-refractivity contribution in [3.63, 3.8) is 0 Å². The zero-order chi connectivity index (χ0) is 24.3. The molecule has 0 radical (unpaired) electrons. The molecule has 1 saturated carbocycles. The van der Waals surface area contributed by atoms with Gasteiger partial charge < -0.3 is 14.2 Å². The highest BCUT2D eigenvalue weighted by Gasteiger charge is 2.37. The normalized spacial score (nSPS) is 16.1. The van der Waals surface area contributed by atoms with Crippen LogP contribution >= 0.6 is 0 Å². The maximum atomic E-state index is 12.8. The average Bonchev–Trinajstić information content (AvgIpc) is 3.22. The fraction of sp³-hybridized carbons (Fsp3) is 0.429. The van der Waals surface area contributed by atoms with Gasteiger partial charge in [0.2, 0.25) is 10.0 Å². The Morgan fingerprint density at radius 1 is 1.03 bits per heavy atom. The lowest BCUT2D eigenvalue weighted by Crippen LogP contribution is -2.39. The summed E-state index contributed by atoms with van der Waals surface area (Å²) in [5, 5.41) is 0. The van der Waals surface area contributed by atoms with E-state index in [1.54, 1.807) is 12.1 Å². The molecule has 0 unspecified atom stereocenters. The van der Waals surface area contributed by atoms with Gasteiger partial charge in [-0.05, 0) is 54.8 Å². The van der Waals surface area contributed by atoms with Crippen molar-refractivity contribution in [1.82, 2.24) is 4.72 Å². The summed E-state index contributed by atoms with van der Waals surface area (Å²) in [5.74, 6) is -0.569. The fourth-order valence-electron chi connectivity index (χ4n) is 3.95. The van der Waals surface area contributed by atoms with Crippen LogP contribution < -0.4 is 18.9 Å². The minimum atomic E-state index is -4.88. The first-order chi connectivity index (χ1) is 15.4. The smallest absolute Gasteiger partial charge is 0.493 e. The second-order valence-corrected chi connectivity index (χ2v) is 9.34. The average molecular weight is 495 g/mol. The van der Waals surface area contributed by atoms with Crippen molar-refractivity contribution >= 4 is 10.0 Å². The van der Waals surface area contributed by atoms with Crippen molar-refractivity contribution in [3.05, 3.63) is 48.0 Å². The predicted molar refractivity (Wildman–Crippen MR) is 108 cm³/mol. The quantitative estimate of drug-likeness (QED) is 0.497. The van der Waals surface area contributed by atoms with Crippen molar-refractivity contribution < 1.29 is 44.6 Å². The van der Waals surface area contributed by atoms with Crippen molar-refractivity contribution in [2.75, 3.05) is 13.7 Å². The molecule has 0 heterocycles. The largest absolute Gasteiger partial charge is 0.573 e. The monoisotopic (exact) mass is 495 g/mol. The lowest BCUT2D eigenvalue weighted by molar-refractivity contribution is -0.274. The minimum absolute atomic E-state index is 0.00827. The summed E-state index contributed by atoms with van der Waals surface area (Å²) >= 11 is 0. The Bertz CT molecular complexity index is 1050. The number of methoxy groups -OCH3 is 1. The molecule has 6 nitrogen and oxygen atoms in total. The lowest BCUT2D eigenvalue weighted by atomic mass is 9.79. The van der Waals surface area contributed by atoms with Gasteiger partial charge in [0.05, 0.1) is 12.0 Å². The van der Waals surface area contributed by atoms with E-state index in [4.69, 9.17) is 4.74 Å². The number of benzene rings is 2. The van der Waals surface area contributed by atoms with Crippen LogP contribution in [0.3, 0.4) is 0 Å². The van der Waals surface area contributed by atoms with E-state index in [2.05, 4.69) is 14.2 Å². The Morgan fingerprint density at radius 2 is 1.67 bits per heavy atom. The third-order valence-corrected chi connectivity index (χ3v) is 6.94. The van der Waals surface area contributed by atoms with E-state index in [0.29, 0.717) is 18.4 Å². The van der Waals surface area contributed by atoms with Crippen LogP contribution in [0, 0.1) is 0 Å². The Balaban J connectivity index is 1.80. The molecule has 0 aromatic heterocycles. The number of nitrogens with one attached hydrogen (secondary N) is 1. The van der Waals surface area contributed by atoms with Crippen molar-refractivity contribution in [1.29, 1.82) is 0 Å². The van der Waals surface area contributed by atoms with Gasteiger partial charge in [0.1, 0.15) is 5.75 Å². The molecular formula is C21H22F5NO5S. The van der Waals surface area contributed by atoms with Crippen molar-refractivity contribution in [2.45, 2.75) is 49.0 Å². The molecule has 0 aliphatic heterocycles. The molecule has 0 amide bonds. The SMILES string of the molecule is COc1cc(C2(CNS(=O)(=O)c3ccc(OC(F)(F)F)cc3)CCCC2)ccc1OC(F)F. The number of ether oxygens (including phenoxy) is 3. The molecule has 182 valence electrons. The number of hydrogen-bond donors (Lipinski definition) is 1. The first kappa shape index (κ1) is 25.0. The van der Waals surface area contributed by atoms with Crippen LogP contribution in [0.5, 0.6) is 17.2 Å². The standard InChI is InChI=1S/C21H22F5NO5S/c1-30-18-12-14(4-9-17(18)31-19(22)23)20(10-2-3-11-20)13-27-33(28,29)16-7-5-15(6-8-16)32-21(24,25)26/h4-9,12,19,27H,2-3,10-11,13H2,1H3. The van der Waals surface area contributed by atoms with Gasteiger partial charge in [0.25, 0.3) is 0 Å². The molecule has 1 aliphatic rings. The maximum Gasteiger partial charge on any atom is 0.573 e. The minimum Gasteiger partial charge on any atom is -0.493 e. The van der Waals surface area contributed by atoms with E-state index in [0.717, 1.165) is 37.1 Å². The molecule has 1 aliphatic carbocycles. The highest BCUT2D eigenvalue weighted by Crippen LogP contribution is 2.43. The van der Waals surface area contributed by atoms with Crippen LogP contribution in [-0.2, 0) is 15.4 Å². The summed E-state index contributed by atoms with van der Waals surface area (Å²) in [6.07, 6.45) is -1.92. The molecular weight excluding hydrogens is 473 g/mol. The second-order valence-electron chi connectivity index (χ2n) is 7.58. The van der Waals surface area contributed by atoms with Gasteiger partial charge in [0, 0.05) is 12.0 Å². The fourth-order valence-corrected chi connectivity index (χ4v) is 5.07. The highest BCUT2D eigenvalue weighted by atomic mass is 32.2. The maximum absolute atomic E-state index is 12.8. The van der Waals surface area contributed by atoms with Gasteiger partial charge >= 0.3 is 13.0 Å². The van der Waals surface area contributed by atoms with Gasteiger partial charge in [-0.3, -0.25) is 0 Å². The van der Waals surface area contributed by atoms with Crippen LogP contribution in [0.15, 0.2) is 47.4 Å². The van der Waals surface area contributed by atoms with Gasteiger partial charge in [-0.1, -0.05) is 18.9 Å². The van der Waals surface area contributed by atoms with Gasteiger partial charge in [0.15, 0.2) is 11.5 Å². The molecule has 0 bridgehead atoms.